The standard InChI is InChI=1S/C7H4FNS/c8-6-3-5-1-2-10-7(5)9-4-6/h1-4H. The van der Waals surface area contributed by atoms with Crippen LogP contribution in [0, 0.1) is 5.82 Å². The van der Waals surface area contributed by atoms with Crippen molar-refractivity contribution in [3.05, 3.63) is 29.5 Å². The number of hydrogen-bond donors (Lipinski definition) is 0. The van der Waals surface area contributed by atoms with Crippen LogP contribution in [0.4, 0.5) is 4.39 Å². The molecule has 1 nitrogen and oxygen atoms in total. The molecule has 2 heterocycles. The highest BCUT2D eigenvalue weighted by Crippen LogP contribution is 2.17. The van der Waals surface area contributed by atoms with Gasteiger partial charge in [-0.1, -0.05) is 0 Å². The lowest BCUT2D eigenvalue weighted by atomic mass is 10.3. The van der Waals surface area contributed by atoms with Crippen LogP contribution in [0.1, 0.15) is 0 Å². The molecule has 0 aliphatic carbocycles. The molecule has 50 valence electrons. The van der Waals surface area contributed by atoms with Crippen molar-refractivity contribution < 1.29 is 4.39 Å². The molecule has 3 heteroatoms. The van der Waals surface area contributed by atoms with Gasteiger partial charge in [-0.3, -0.25) is 0 Å². The van der Waals surface area contributed by atoms with Crippen molar-refractivity contribution in [3.63, 3.8) is 0 Å². The van der Waals surface area contributed by atoms with Gasteiger partial charge in [0.1, 0.15) is 10.6 Å². The van der Waals surface area contributed by atoms with E-state index in [1.54, 1.807) is 0 Å². The number of fused-ring (bicyclic) bond motifs is 1. The van der Waals surface area contributed by atoms with E-state index in [9.17, 15) is 4.39 Å². The first kappa shape index (κ1) is 5.80. The average Bonchev–Trinajstić information content (AvgIpc) is 2.33. The maximum atomic E-state index is 12.5. The third kappa shape index (κ3) is 0.789. The monoisotopic (exact) mass is 153 g/mol. The van der Waals surface area contributed by atoms with Crippen LogP contribution in [0.3, 0.4) is 0 Å². The number of hydrogen-bond acceptors (Lipinski definition) is 2. The Morgan fingerprint density at radius 2 is 2.40 bits per heavy atom. The van der Waals surface area contributed by atoms with Crippen molar-refractivity contribution in [2.45, 2.75) is 0 Å². The normalized spacial score (nSPS) is 10.5. The Morgan fingerprint density at radius 3 is 3.30 bits per heavy atom. The number of thiophene rings is 1. The summed E-state index contributed by atoms with van der Waals surface area (Å²) in [4.78, 5) is 4.77. The third-order valence-corrected chi connectivity index (χ3v) is 2.11. The van der Waals surface area contributed by atoms with Gasteiger partial charge in [0.25, 0.3) is 0 Å². The molecule has 0 bridgehead atoms. The molecule has 0 radical (unpaired) electrons. The lowest BCUT2D eigenvalue weighted by Gasteiger charge is -1.86. The highest BCUT2D eigenvalue weighted by Gasteiger charge is 1.95. The van der Waals surface area contributed by atoms with Crippen molar-refractivity contribution in [2.75, 3.05) is 0 Å². The maximum absolute atomic E-state index is 12.5. The third-order valence-electron chi connectivity index (χ3n) is 1.27. The first-order chi connectivity index (χ1) is 4.86. The summed E-state index contributed by atoms with van der Waals surface area (Å²) in [6.07, 6.45) is 1.23. The molecule has 10 heavy (non-hydrogen) atoms. The fourth-order valence-corrected chi connectivity index (χ4v) is 1.55. The summed E-state index contributed by atoms with van der Waals surface area (Å²) >= 11 is 1.52. The van der Waals surface area contributed by atoms with Crippen molar-refractivity contribution in [1.82, 2.24) is 4.98 Å². The lowest BCUT2D eigenvalue weighted by Crippen LogP contribution is -1.74. The molecule has 0 saturated carbocycles. The van der Waals surface area contributed by atoms with Crippen molar-refractivity contribution in [2.24, 2.45) is 0 Å². The van der Waals surface area contributed by atoms with Gasteiger partial charge >= 0.3 is 0 Å². The van der Waals surface area contributed by atoms with Gasteiger partial charge in [0, 0.05) is 5.39 Å². The van der Waals surface area contributed by atoms with Crippen LogP contribution >= 0.6 is 11.3 Å². The van der Waals surface area contributed by atoms with Gasteiger partial charge in [0.05, 0.1) is 6.20 Å². The van der Waals surface area contributed by atoms with Crippen LogP contribution in [0.25, 0.3) is 10.2 Å². The minimum atomic E-state index is -0.272. The molecular formula is C7H4FNS. The van der Waals surface area contributed by atoms with Crippen LogP contribution in [0.5, 0.6) is 0 Å². The minimum absolute atomic E-state index is 0.272. The molecule has 0 atom stereocenters. The van der Waals surface area contributed by atoms with Crippen molar-refractivity contribution >= 4 is 21.6 Å². The van der Waals surface area contributed by atoms with E-state index in [-0.39, 0.29) is 5.82 Å². The van der Waals surface area contributed by atoms with Gasteiger partial charge in [-0.25, -0.2) is 9.37 Å². The van der Waals surface area contributed by atoms with E-state index in [0.29, 0.717) is 0 Å². The first-order valence-electron chi connectivity index (χ1n) is 2.85. The van der Waals surface area contributed by atoms with Crippen molar-refractivity contribution in [3.8, 4) is 0 Å². The predicted octanol–water partition coefficient (Wildman–Crippen LogP) is 2.44. The number of nitrogens with zero attached hydrogens (tertiary/aromatic N) is 1. The maximum Gasteiger partial charge on any atom is 0.142 e. The lowest BCUT2D eigenvalue weighted by molar-refractivity contribution is 0.624. The van der Waals surface area contributed by atoms with Crippen LogP contribution in [-0.2, 0) is 0 Å². The van der Waals surface area contributed by atoms with E-state index < -0.39 is 0 Å². The number of aromatic nitrogens is 1. The van der Waals surface area contributed by atoms with Gasteiger partial charge in [-0.2, -0.15) is 0 Å². The summed E-state index contributed by atoms with van der Waals surface area (Å²) in [6, 6.07) is 3.34. The fourth-order valence-electron chi connectivity index (χ4n) is 0.832. The smallest absolute Gasteiger partial charge is 0.142 e. The molecule has 2 aromatic heterocycles. The Bertz CT molecular complexity index is 355. The second kappa shape index (κ2) is 2.02. The van der Waals surface area contributed by atoms with Gasteiger partial charge in [-0.05, 0) is 17.5 Å². The Kier molecular flexibility index (Phi) is 1.17. The molecule has 2 aromatic rings. The number of pyridine rings is 1. The van der Waals surface area contributed by atoms with E-state index in [2.05, 4.69) is 4.98 Å². The second-order valence-corrected chi connectivity index (χ2v) is 2.86. The average molecular weight is 153 g/mol. The van der Waals surface area contributed by atoms with E-state index in [1.807, 2.05) is 11.4 Å². The summed E-state index contributed by atoms with van der Waals surface area (Å²) in [5.74, 6) is -0.272. The summed E-state index contributed by atoms with van der Waals surface area (Å²) in [6.45, 7) is 0. The largest absolute Gasteiger partial charge is 0.242 e. The van der Waals surface area contributed by atoms with Crippen LogP contribution in [0.2, 0.25) is 0 Å². The van der Waals surface area contributed by atoms with Gasteiger partial charge in [0.2, 0.25) is 0 Å². The molecule has 0 fully saturated rings. The van der Waals surface area contributed by atoms with E-state index in [4.69, 9.17) is 0 Å². The van der Waals surface area contributed by atoms with Crippen LogP contribution < -0.4 is 0 Å². The zero-order valence-corrected chi connectivity index (χ0v) is 5.86. The summed E-state index contributed by atoms with van der Waals surface area (Å²) in [5.41, 5.74) is 0. The SMILES string of the molecule is Fc1cnc2sccc2c1. The zero-order valence-electron chi connectivity index (χ0n) is 5.04. The Morgan fingerprint density at radius 1 is 1.50 bits per heavy atom. The molecule has 0 aromatic carbocycles. The summed E-state index contributed by atoms with van der Waals surface area (Å²) in [5, 5.41) is 2.78. The summed E-state index contributed by atoms with van der Waals surface area (Å²) < 4.78 is 12.5. The van der Waals surface area contributed by atoms with E-state index >= 15 is 0 Å². The van der Waals surface area contributed by atoms with E-state index in [0.717, 1.165) is 10.2 Å². The topological polar surface area (TPSA) is 12.9 Å². The molecular weight excluding hydrogens is 149 g/mol. The Balaban J connectivity index is 2.86. The van der Waals surface area contributed by atoms with Gasteiger partial charge < -0.3 is 0 Å². The quantitative estimate of drug-likeness (QED) is 0.566. The highest BCUT2D eigenvalue weighted by molar-refractivity contribution is 7.16. The first-order valence-corrected chi connectivity index (χ1v) is 3.73. The predicted molar refractivity (Wildman–Crippen MR) is 39.6 cm³/mol. The van der Waals surface area contributed by atoms with Crippen LogP contribution in [-0.4, -0.2) is 4.98 Å². The molecule has 0 aliphatic rings. The number of halogens is 1. The van der Waals surface area contributed by atoms with Gasteiger partial charge in [0.15, 0.2) is 0 Å². The summed E-state index contributed by atoms with van der Waals surface area (Å²) in [7, 11) is 0. The molecule has 0 saturated heterocycles. The number of rotatable bonds is 0. The molecule has 0 N–H and O–H groups in total. The van der Waals surface area contributed by atoms with Crippen molar-refractivity contribution in [1.29, 1.82) is 0 Å². The second-order valence-electron chi connectivity index (χ2n) is 1.97. The Hall–Kier alpha value is -0.960. The van der Waals surface area contributed by atoms with Gasteiger partial charge in [-0.15, -0.1) is 11.3 Å². The zero-order chi connectivity index (χ0) is 6.97. The minimum Gasteiger partial charge on any atom is -0.242 e. The molecule has 0 spiro atoms. The molecule has 0 aliphatic heterocycles. The highest BCUT2D eigenvalue weighted by atomic mass is 32.1. The van der Waals surface area contributed by atoms with Crippen LogP contribution in [0.15, 0.2) is 23.7 Å². The molecule has 0 amide bonds. The Labute approximate surface area is 61.1 Å². The molecule has 0 unspecified atom stereocenters. The fraction of sp³-hybridized carbons (Fsp3) is 0. The molecule has 2 rings (SSSR count). The van der Waals surface area contributed by atoms with E-state index in [1.165, 1.54) is 23.6 Å².